The molecular weight excluding hydrogens is 302 g/mol. The summed E-state index contributed by atoms with van der Waals surface area (Å²) < 4.78 is 1.21. The molecule has 1 aliphatic carbocycles. The molecule has 0 bridgehead atoms. The Morgan fingerprint density at radius 1 is 1.21 bits per heavy atom. The van der Waals surface area contributed by atoms with Crippen LogP contribution in [0.1, 0.15) is 29.2 Å². The number of nitrogens with one attached hydrogen (secondary N) is 1. The van der Waals surface area contributed by atoms with Crippen LogP contribution in [0.25, 0.3) is 0 Å². The molecular formula is C16H16BrNO. The zero-order valence-corrected chi connectivity index (χ0v) is 12.2. The average Bonchev–Trinajstić information content (AvgIpc) is 2.81. The predicted molar refractivity (Wildman–Crippen MR) is 80.2 cm³/mol. The van der Waals surface area contributed by atoms with E-state index in [-0.39, 0.29) is 0 Å². The first kappa shape index (κ1) is 12.7. The molecule has 0 aliphatic heterocycles. The van der Waals surface area contributed by atoms with E-state index in [0.29, 0.717) is 11.8 Å². The van der Waals surface area contributed by atoms with Crippen molar-refractivity contribution in [1.29, 1.82) is 0 Å². The van der Waals surface area contributed by atoms with Crippen molar-refractivity contribution in [3.05, 3.63) is 63.6 Å². The zero-order chi connectivity index (χ0) is 13.2. The molecule has 98 valence electrons. The number of aromatic hydroxyl groups is 1. The van der Waals surface area contributed by atoms with Crippen LogP contribution < -0.4 is 5.32 Å². The highest BCUT2D eigenvalue weighted by atomic mass is 79.9. The molecule has 2 aromatic rings. The van der Waals surface area contributed by atoms with Crippen molar-refractivity contribution in [1.82, 2.24) is 5.32 Å². The molecule has 0 amide bonds. The van der Waals surface area contributed by atoms with Crippen molar-refractivity contribution in [2.75, 3.05) is 0 Å². The Hall–Kier alpha value is -1.32. The molecule has 0 radical (unpaired) electrons. The maximum absolute atomic E-state index is 9.47. The van der Waals surface area contributed by atoms with Gasteiger partial charge in [0.05, 0.1) is 0 Å². The first-order valence-corrected chi connectivity index (χ1v) is 7.32. The van der Waals surface area contributed by atoms with Crippen molar-refractivity contribution in [3.8, 4) is 5.75 Å². The predicted octanol–water partition coefficient (Wildman–Crippen LogP) is 3.93. The number of benzene rings is 2. The Bertz CT molecular complexity index is 597. The second-order valence-electron chi connectivity index (χ2n) is 4.95. The van der Waals surface area contributed by atoms with Crippen LogP contribution in [-0.2, 0) is 13.0 Å². The molecule has 3 heteroatoms. The molecule has 0 spiro atoms. The number of halogens is 1. The summed E-state index contributed by atoms with van der Waals surface area (Å²) in [6.07, 6.45) is 2.26. The normalized spacial score (nSPS) is 17.4. The molecule has 19 heavy (non-hydrogen) atoms. The summed E-state index contributed by atoms with van der Waals surface area (Å²) in [7, 11) is 0. The summed E-state index contributed by atoms with van der Waals surface area (Å²) in [6.45, 7) is 0.783. The lowest BCUT2D eigenvalue weighted by Gasteiger charge is -2.14. The van der Waals surface area contributed by atoms with Crippen molar-refractivity contribution < 1.29 is 5.11 Å². The summed E-state index contributed by atoms with van der Waals surface area (Å²) in [5.41, 5.74) is 3.94. The molecule has 1 unspecified atom stereocenters. The van der Waals surface area contributed by atoms with E-state index < -0.39 is 0 Å². The minimum Gasteiger partial charge on any atom is -0.508 e. The lowest BCUT2D eigenvalue weighted by molar-refractivity contribution is 0.472. The summed E-state index contributed by atoms with van der Waals surface area (Å²) in [6, 6.07) is 14.2. The second kappa shape index (κ2) is 5.35. The largest absolute Gasteiger partial charge is 0.508 e. The summed E-state index contributed by atoms with van der Waals surface area (Å²) >= 11 is 3.62. The third-order valence-electron chi connectivity index (χ3n) is 3.68. The second-order valence-corrected chi connectivity index (χ2v) is 5.80. The number of phenolic OH excluding ortho intramolecular Hbond substituents is 1. The van der Waals surface area contributed by atoms with E-state index in [1.165, 1.54) is 15.6 Å². The van der Waals surface area contributed by atoms with Gasteiger partial charge in [-0.1, -0.05) is 40.2 Å². The van der Waals surface area contributed by atoms with E-state index >= 15 is 0 Å². The minimum absolute atomic E-state index is 0.328. The Morgan fingerprint density at radius 2 is 2.05 bits per heavy atom. The highest BCUT2D eigenvalue weighted by Gasteiger charge is 2.23. The zero-order valence-electron chi connectivity index (χ0n) is 10.6. The van der Waals surface area contributed by atoms with E-state index in [0.717, 1.165) is 24.9 Å². The van der Waals surface area contributed by atoms with Crippen molar-refractivity contribution in [2.45, 2.75) is 25.4 Å². The molecule has 0 heterocycles. The van der Waals surface area contributed by atoms with Gasteiger partial charge < -0.3 is 10.4 Å². The van der Waals surface area contributed by atoms with Crippen LogP contribution in [0.3, 0.4) is 0 Å². The van der Waals surface area contributed by atoms with E-state index in [1.54, 1.807) is 6.07 Å². The average molecular weight is 318 g/mol. The molecule has 2 aromatic carbocycles. The van der Waals surface area contributed by atoms with Gasteiger partial charge in [-0.2, -0.15) is 0 Å². The maximum Gasteiger partial charge on any atom is 0.115 e. The van der Waals surface area contributed by atoms with Gasteiger partial charge in [0.1, 0.15) is 5.75 Å². The number of hydrogen-bond donors (Lipinski definition) is 2. The molecule has 0 fully saturated rings. The first-order chi connectivity index (χ1) is 9.24. The van der Waals surface area contributed by atoms with Gasteiger partial charge in [-0.25, -0.2) is 0 Å². The number of fused-ring (bicyclic) bond motifs is 1. The third kappa shape index (κ3) is 2.67. The Kier molecular flexibility index (Phi) is 3.58. The van der Waals surface area contributed by atoms with E-state index in [9.17, 15) is 5.11 Å². The van der Waals surface area contributed by atoms with Crippen LogP contribution in [0, 0.1) is 0 Å². The van der Waals surface area contributed by atoms with Crippen molar-refractivity contribution in [2.24, 2.45) is 0 Å². The molecule has 0 saturated carbocycles. The van der Waals surface area contributed by atoms with Crippen LogP contribution in [0.15, 0.2) is 46.9 Å². The van der Waals surface area contributed by atoms with E-state index in [4.69, 9.17) is 0 Å². The SMILES string of the molecule is Oc1cccc(CNC2CCc3c(Br)cccc32)c1. The molecule has 1 aliphatic rings. The molecule has 0 saturated heterocycles. The fraction of sp³-hybridized carbons (Fsp3) is 0.250. The highest BCUT2D eigenvalue weighted by Crippen LogP contribution is 2.35. The lowest BCUT2D eigenvalue weighted by Crippen LogP contribution is -2.18. The molecule has 2 nitrogen and oxygen atoms in total. The van der Waals surface area contributed by atoms with E-state index in [2.05, 4.69) is 39.4 Å². The fourth-order valence-electron chi connectivity index (χ4n) is 2.73. The van der Waals surface area contributed by atoms with Gasteiger partial charge in [-0.05, 0) is 47.7 Å². The smallest absolute Gasteiger partial charge is 0.115 e. The van der Waals surface area contributed by atoms with Crippen LogP contribution >= 0.6 is 15.9 Å². The van der Waals surface area contributed by atoms with Gasteiger partial charge in [0.15, 0.2) is 0 Å². The highest BCUT2D eigenvalue weighted by molar-refractivity contribution is 9.10. The first-order valence-electron chi connectivity index (χ1n) is 6.52. The van der Waals surface area contributed by atoms with Crippen molar-refractivity contribution in [3.63, 3.8) is 0 Å². The van der Waals surface area contributed by atoms with E-state index in [1.807, 2.05) is 18.2 Å². The van der Waals surface area contributed by atoms with Crippen LogP contribution in [-0.4, -0.2) is 5.11 Å². The lowest BCUT2D eigenvalue weighted by atomic mass is 10.1. The quantitative estimate of drug-likeness (QED) is 0.899. The molecule has 2 N–H and O–H groups in total. The summed E-state index contributed by atoms with van der Waals surface area (Å²) in [4.78, 5) is 0. The van der Waals surface area contributed by atoms with Crippen LogP contribution in [0.4, 0.5) is 0 Å². The summed E-state index contributed by atoms with van der Waals surface area (Å²) in [5, 5.41) is 13.0. The van der Waals surface area contributed by atoms with Gasteiger partial charge >= 0.3 is 0 Å². The van der Waals surface area contributed by atoms with Crippen LogP contribution in [0.2, 0.25) is 0 Å². The standard InChI is InChI=1S/C16H16BrNO/c17-15-6-2-5-14-13(15)7-8-16(14)18-10-11-3-1-4-12(19)9-11/h1-6,9,16,18-19H,7-8,10H2. The number of phenols is 1. The maximum atomic E-state index is 9.47. The topological polar surface area (TPSA) is 32.3 Å². The van der Waals surface area contributed by atoms with Crippen molar-refractivity contribution >= 4 is 15.9 Å². The Morgan fingerprint density at radius 3 is 2.89 bits per heavy atom. The molecule has 3 rings (SSSR count). The third-order valence-corrected chi connectivity index (χ3v) is 4.42. The Balaban J connectivity index is 1.72. The summed E-state index contributed by atoms with van der Waals surface area (Å²) in [5.74, 6) is 0.328. The molecule has 1 atom stereocenters. The molecule has 0 aromatic heterocycles. The van der Waals surface area contributed by atoms with Gasteiger partial charge in [-0.15, -0.1) is 0 Å². The Labute approximate surface area is 121 Å². The van der Waals surface area contributed by atoms with Gasteiger partial charge in [0.2, 0.25) is 0 Å². The number of rotatable bonds is 3. The van der Waals surface area contributed by atoms with Gasteiger partial charge in [0.25, 0.3) is 0 Å². The fourth-order valence-corrected chi connectivity index (χ4v) is 3.31. The van der Waals surface area contributed by atoms with Gasteiger partial charge in [-0.3, -0.25) is 0 Å². The van der Waals surface area contributed by atoms with Gasteiger partial charge in [0, 0.05) is 17.1 Å². The van der Waals surface area contributed by atoms with Crippen LogP contribution in [0.5, 0.6) is 5.75 Å². The monoisotopic (exact) mass is 317 g/mol. The number of hydrogen-bond acceptors (Lipinski definition) is 2. The minimum atomic E-state index is 0.328.